The zero-order chi connectivity index (χ0) is 18.8. The summed E-state index contributed by atoms with van der Waals surface area (Å²) in [4.78, 5) is 24.8. The molecule has 0 heterocycles. The van der Waals surface area contributed by atoms with Crippen molar-refractivity contribution in [2.45, 2.75) is 0 Å². The van der Waals surface area contributed by atoms with Crippen molar-refractivity contribution in [3.8, 4) is 0 Å². The van der Waals surface area contributed by atoms with Crippen molar-refractivity contribution in [2.24, 2.45) is 0 Å². The van der Waals surface area contributed by atoms with Gasteiger partial charge in [-0.25, -0.2) is 8.78 Å². The molecule has 3 aromatic rings. The Morgan fingerprint density at radius 2 is 0.885 bits per heavy atom. The van der Waals surface area contributed by atoms with E-state index in [1.807, 2.05) is 0 Å². The third-order valence-electron chi connectivity index (χ3n) is 3.93. The maximum atomic E-state index is 13.2. The molecule has 0 amide bonds. The molecule has 6 heteroatoms. The first-order valence-corrected chi connectivity index (χ1v) is 7.66. The Bertz CT molecular complexity index is 932. The lowest BCUT2D eigenvalue weighted by Gasteiger charge is -2.06. The summed E-state index contributed by atoms with van der Waals surface area (Å²) < 4.78 is 26.4. The van der Waals surface area contributed by atoms with Crippen molar-refractivity contribution >= 4 is 22.9 Å². The highest BCUT2D eigenvalue weighted by molar-refractivity contribution is 6.12. The molecule has 0 aliphatic heterocycles. The maximum absolute atomic E-state index is 13.2. The van der Waals surface area contributed by atoms with E-state index in [1.54, 1.807) is 0 Å². The van der Waals surface area contributed by atoms with Crippen LogP contribution in [0, 0.1) is 11.6 Å². The molecule has 3 aromatic carbocycles. The molecule has 0 saturated heterocycles. The Morgan fingerprint density at radius 3 is 1.19 bits per heavy atom. The molecule has 0 unspecified atom stereocenters. The second-order valence-corrected chi connectivity index (χ2v) is 5.71. The summed E-state index contributed by atoms with van der Waals surface area (Å²) in [5, 5.41) is 0. The maximum Gasteiger partial charge on any atom is 0.193 e. The number of carbonyl (C=O) groups is 2. The van der Waals surface area contributed by atoms with Gasteiger partial charge in [0.1, 0.15) is 11.6 Å². The minimum atomic E-state index is -0.596. The van der Waals surface area contributed by atoms with Crippen LogP contribution in [0.2, 0.25) is 0 Å². The molecule has 0 atom stereocenters. The van der Waals surface area contributed by atoms with Gasteiger partial charge >= 0.3 is 0 Å². The highest BCUT2D eigenvalue weighted by atomic mass is 19.1. The molecule has 0 aliphatic rings. The van der Waals surface area contributed by atoms with Gasteiger partial charge in [0.05, 0.1) is 11.4 Å². The van der Waals surface area contributed by atoms with Crippen LogP contribution in [-0.4, -0.2) is 11.6 Å². The number of halogens is 2. The summed E-state index contributed by atoms with van der Waals surface area (Å²) >= 11 is 0. The number of ketones is 2. The van der Waals surface area contributed by atoms with Crippen molar-refractivity contribution in [2.75, 3.05) is 11.5 Å². The monoisotopic (exact) mass is 352 g/mol. The summed E-state index contributed by atoms with van der Waals surface area (Å²) in [5.41, 5.74) is 11.9. The Hall–Kier alpha value is -3.54. The third-order valence-corrected chi connectivity index (χ3v) is 3.93. The SMILES string of the molecule is Nc1cc(C(=O)c2ccc(C(=O)c3ccc(F)c(N)c3)cc2)ccc1F. The second kappa shape index (κ2) is 6.76. The molecule has 0 aliphatic carbocycles. The minimum Gasteiger partial charge on any atom is -0.396 e. The van der Waals surface area contributed by atoms with Gasteiger partial charge in [0.25, 0.3) is 0 Å². The molecule has 0 bridgehead atoms. The van der Waals surface area contributed by atoms with Crippen LogP contribution in [0.4, 0.5) is 20.2 Å². The van der Waals surface area contributed by atoms with Crippen molar-refractivity contribution in [3.05, 3.63) is 94.6 Å². The molecule has 26 heavy (non-hydrogen) atoms. The molecule has 4 N–H and O–H groups in total. The van der Waals surface area contributed by atoms with Gasteiger partial charge in [-0.3, -0.25) is 9.59 Å². The van der Waals surface area contributed by atoms with E-state index in [4.69, 9.17) is 11.5 Å². The van der Waals surface area contributed by atoms with E-state index in [9.17, 15) is 18.4 Å². The minimum absolute atomic E-state index is 0.114. The molecule has 130 valence electrons. The third kappa shape index (κ3) is 3.30. The molecule has 0 spiro atoms. The van der Waals surface area contributed by atoms with Crippen molar-refractivity contribution in [3.63, 3.8) is 0 Å². The smallest absolute Gasteiger partial charge is 0.193 e. The van der Waals surface area contributed by atoms with E-state index in [0.717, 1.165) is 12.1 Å². The molecular formula is C20H14F2N2O2. The lowest BCUT2D eigenvalue weighted by molar-refractivity contribution is 0.102. The number of hydrogen-bond acceptors (Lipinski definition) is 4. The number of benzene rings is 3. The van der Waals surface area contributed by atoms with Gasteiger partial charge in [-0.2, -0.15) is 0 Å². The van der Waals surface area contributed by atoms with Crippen LogP contribution in [0.1, 0.15) is 31.8 Å². The first-order valence-electron chi connectivity index (χ1n) is 7.66. The topological polar surface area (TPSA) is 86.2 Å². The van der Waals surface area contributed by atoms with E-state index in [2.05, 4.69) is 0 Å². The molecule has 0 aromatic heterocycles. The van der Waals surface area contributed by atoms with E-state index in [0.29, 0.717) is 11.1 Å². The van der Waals surface area contributed by atoms with Crippen LogP contribution in [0.3, 0.4) is 0 Å². The Kier molecular flexibility index (Phi) is 4.49. The number of nitrogens with two attached hydrogens (primary N) is 2. The fraction of sp³-hybridized carbons (Fsp3) is 0. The molecule has 0 fully saturated rings. The molecule has 3 rings (SSSR count). The lowest BCUT2D eigenvalue weighted by atomic mass is 9.98. The van der Waals surface area contributed by atoms with Crippen LogP contribution >= 0.6 is 0 Å². The Labute approximate surface area is 148 Å². The number of carbonyl (C=O) groups excluding carboxylic acids is 2. The second-order valence-electron chi connectivity index (χ2n) is 5.71. The Morgan fingerprint density at radius 1 is 0.577 bits per heavy atom. The number of nitrogen functional groups attached to an aromatic ring is 2. The number of hydrogen-bond donors (Lipinski definition) is 2. The van der Waals surface area contributed by atoms with Crippen LogP contribution < -0.4 is 11.5 Å². The zero-order valence-corrected chi connectivity index (χ0v) is 13.5. The van der Waals surface area contributed by atoms with E-state index in [1.165, 1.54) is 48.5 Å². The van der Waals surface area contributed by atoms with Crippen LogP contribution in [0.5, 0.6) is 0 Å². The summed E-state index contributed by atoms with van der Waals surface area (Å²) in [6, 6.07) is 13.4. The Balaban J connectivity index is 1.85. The van der Waals surface area contributed by atoms with Crippen molar-refractivity contribution < 1.29 is 18.4 Å². The molecule has 0 radical (unpaired) electrons. The average Bonchev–Trinajstić information content (AvgIpc) is 2.65. The summed E-state index contributed by atoms with van der Waals surface area (Å²) in [5.74, 6) is -1.88. The highest BCUT2D eigenvalue weighted by Gasteiger charge is 2.14. The van der Waals surface area contributed by atoms with Gasteiger partial charge in [0.2, 0.25) is 0 Å². The largest absolute Gasteiger partial charge is 0.396 e. The van der Waals surface area contributed by atoms with Gasteiger partial charge in [-0.1, -0.05) is 24.3 Å². The lowest BCUT2D eigenvalue weighted by Crippen LogP contribution is -2.06. The average molecular weight is 352 g/mol. The van der Waals surface area contributed by atoms with E-state index in [-0.39, 0.29) is 34.1 Å². The molecule has 4 nitrogen and oxygen atoms in total. The van der Waals surface area contributed by atoms with Gasteiger partial charge in [-0.15, -0.1) is 0 Å². The molecular weight excluding hydrogens is 338 g/mol. The summed E-state index contributed by atoms with van der Waals surface area (Å²) in [7, 11) is 0. The van der Waals surface area contributed by atoms with Crippen LogP contribution in [-0.2, 0) is 0 Å². The van der Waals surface area contributed by atoms with Gasteiger partial charge < -0.3 is 11.5 Å². The fourth-order valence-electron chi connectivity index (χ4n) is 2.48. The summed E-state index contributed by atoms with van der Waals surface area (Å²) in [6.07, 6.45) is 0. The quantitative estimate of drug-likeness (QED) is 0.555. The first kappa shape index (κ1) is 17.3. The van der Waals surface area contributed by atoms with Gasteiger partial charge in [0.15, 0.2) is 11.6 Å². The van der Waals surface area contributed by atoms with Gasteiger partial charge in [-0.05, 0) is 36.4 Å². The number of anilines is 2. The van der Waals surface area contributed by atoms with E-state index >= 15 is 0 Å². The van der Waals surface area contributed by atoms with E-state index < -0.39 is 11.6 Å². The predicted molar refractivity (Wildman–Crippen MR) is 94.9 cm³/mol. The van der Waals surface area contributed by atoms with Crippen LogP contribution in [0.25, 0.3) is 0 Å². The molecule has 0 saturated carbocycles. The standard InChI is InChI=1S/C20H14F2N2O2/c21-15-7-5-13(9-17(15)23)19(25)11-1-2-12(4-3-11)20(26)14-6-8-16(22)18(24)10-14/h1-10H,23-24H2. The van der Waals surface area contributed by atoms with Crippen molar-refractivity contribution in [1.29, 1.82) is 0 Å². The van der Waals surface area contributed by atoms with Crippen molar-refractivity contribution in [1.82, 2.24) is 0 Å². The first-order chi connectivity index (χ1) is 12.4. The normalized spacial score (nSPS) is 10.5. The van der Waals surface area contributed by atoms with Gasteiger partial charge in [0, 0.05) is 22.3 Å². The zero-order valence-electron chi connectivity index (χ0n) is 13.5. The summed E-state index contributed by atoms with van der Waals surface area (Å²) in [6.45, 7) is 0. The van der Waals surface area contributed by atoms with Crippen LogP contribution in [0.15, 0.2) is 60.7 Å². The fourth-order valence-corrected chi connectivity index (χ4v) is 2.48. The highest BCUT2D eigenvalue weighted by Crippen LogP contribution is 2.19. The number of rotatable bonds is 4. The predicted octanol–water partition coefficient (Wildman–Crippen LogP) is 3.59.